The van der Waals surface area contributed by atoms with Crippen molar-refractivity contribution in [1.29, 1.82) is 0 Å². The van der Waals surface area contributed by atoms with Crippen molar-refractivity contribution in [3.05, 3.63) is 22.4 Å². The number of thiophene rings is 1. The van der Waals surface area contributed by atoms with Gasteiger partial charge in [0.2, 0.25) is 0 Å². The van der Waals surface area contributed by atoms with Crippen molar-refractivity contribution in [3.8, 4) is 0 Å². The van der Waals surface area contributed by atoms with Crippen molar-refractivity contribution < 1.29 is 26.3 Å². The summed E-state index contributed by atoms with van der Waals surface area (Å²) < 4.78 is 75.0. The highest BCUT2D eigenvalue weighted by Gasteiger charge is 2.59. The smallest absolute Gasteiger partial charge is 0.271 e. The molecule has 1 rings (SSSR count). The Morgan fingerprint density at radius 1 is 1.16 bits per heavy atom. The maximum Gasteiger partial charge on any atom is 0.402 e. The Morgan fingerprint density at radius 3 is 2.11 bits per heavy atom. The minimum absolute atomic E-state index is 0.106. The molecule has 9 heteroatoms. The van der Waals surface area contributed by atoms with Crippen LogP contribution in [0.1, 0.15) is 11.3 Å². The molecular weight excluding hydrogens is 294 g/mol. The van der Waals surface area contributed by atoms with Crippen LogP contribution in [-0.2, 0) is 6.42 Å². The summed E-state index contributed by atoms with van der Waals surface area (Å²) in [7, 11) is 0. The van der Waals surface area contributed by atoms with Gasteiger partial charge >= 0.3 is 12.4 Å². The Labute approximate surface area is 109 Å². The summed E-state index contributed by atoms with van der Waals surface area (Å²) in [5.74, 6) is 1.39. The van der Waals surface area contributed by atoms with Crippen LogP contribution in [0.5, 0.6) is 0 Å². The van der Waals surface area contributed by atoms with E-state index in [2.05, 4.69) is 0 Å². The highest BCUT2D eigenvalue weighted by atomic mass is 32.1. The van der Waals surface area contributed by atoms with Crippen LogP contribution in [0.15, 0.2) is 17.5 Å². The van der Waals surface area contributed by atoms with E-state index in [0.717, 1.165) is 0 Å². The van der Waals surface area contributed by atoms with E-state index in [-0.39, 0.29) is 12.8 Å². The Bertz CT molecular complexity index is 358. The number of halogens is 6. The maximum atomic E-state index is 12.5. The molecule has 0 fully saturated rings. The quantitative estimate of drug-likeness (QED) is 0.498. The molecule has 1 aromatic rings. The normalized spacial score (nSPS) is 14.9. The molecule has 0 amide bonds. The summed E-state index contributed by atoms with van der Waals surface area (Å²) in [5.41, 5.74) is 1.64. The molecule has 0 aliphatic rings. The summed E-state index contributed by atoms with van der Waals surface area (Å²) in [5, 5.41) is 1.70. The van der Waals surface area contributed by atoms with Gasteiger partial charge in [-0.15, -0.1) is 11.3 Å². The van der Waals surface area contributed by atoms with Crippen molar-refractivity contribution in [2.45, 2.75) is 31.2 Å². The maximum absolute atomic E-state index is 12.5. The van der Waals surface area contributed by atoms with E-state index in [4.69, 9.17) is 5.84 Å². The first-order chi connectivity index (χ1) is 8.66. The fourth-order valence-electron chi connectivity index (χ4n) is 1.74. The third-order valence-electron chi connectivity index (χ3n) is 2.60. The summed E-state index contributed by atoms with van der Waals surface area (Å²) >= 11 is 1.27. The lowest BCUT2D eigenvalue weighted by atomic mass is 9.94. The standard InChI is InChI=1S/C10H12F6N2S/c11-9(12,13)8(10(14,15)16)7(18-17)4-3-6-2-1-5-19-6/h1-2,5,7-8,18H,3-4,17H2. The van der Waals surface area contributed by atoms with E-state index in [1.54, 1.807) is 22.9 Å². The molecule has 1 unspecified atom stereocenters. The number of hydrogen-bond acceptors (Lipinski definition) is 3. The van der Waals surface area contributed by atoms with Gasteiger partial charge in [-0.3, -0.25) is 11.3 Å². The van der Waals surface area contributed by atoms with Crippen molar-refractivity contribution in [2.24, 2.45) is 11.8 Å². The van der Waals surface area contributed by atoms with Crippen molar-refractivity contribution >= 4 is 11.3 Å². The number of hydrazine groups is 1. The van der Waals surface area contributed by atoms with Gasteiger partial charge < -0.3 is 0 Å². The zero-order valence-corrected chi connectivity index (χ0v) is 10.4. The second kappa shape index (κ2) is 6.10. The average molecular weight is 306 g/mol. The van der Waals surface area contributed by atoms with Gasteiger partial charge in [0.25, 0.3) is 0 Å². The molecule has 0 aromatic carbocycles. The van der Waals surface area contributed by atoms with Gasteiger partial charge in [0.05, 0.1) is 0 Å². The zero-order valence-electron chi connectivity index (χ0n) is 9.55. The molecule has 1 atom stereocenters. The van der Waals surface area contributed by atoms with Gasteiger partial charge in [-0.25, -0.2) is 0 Å². The largest absolute Gasteiger partial charge is 0.402 e. The average Bonchev–Trinajstić information content (AvgIpc) is 2.72. The second-order valence-corrected chi connectivity index (χ2v) is 4.98. The first-order valence-electron chi connectivity index (χ1n) is 5.28. The lowest BCUT2D eigenvalue weighted by Gasteiger charge is -2.30. The Kier molecular flexibility index (Phi) is 5.22. The van der Waals surface area contributed by atoms with Crippen LogP contribution in [0.25, 0.3) is 0 Å². The summed E-state index contributed by atoms with van der Waals surface area (Å²) in [6.07, 6.45) is -11.0. The van der Waals surface area contributed by atoms with E-state index in [1.165, 1.54) is 11.3 Å². The molecule has 3 N–H and O–H groups in total. The molecule has 0 saturated heterocycles. The molecule has 0 bridgehead atoms. The fraction of sp³-hybridized carbons (Fsp3) is 0.600. The molecule has 0 saturated carbocycles. The first kappa shape index (κ1) is 16.3. The van der Waals surface area contributed by atoms with Crippen LogP contribution in [0, 0.1) is 5.92 Å². The third-order valence-corrected chi connectivity index (χ3v) is 3.54. The minimum Gasteiger partial charge on any atom is -0.271 e. The SMILES string of the molecule is NNC(CCc1cccs1)C(C(F)(F)F)C(F)(F)F. The highest BCUT2D eigenvalue weighted by Crippen LogP contribution is 2.42. The predicted octanol–water partition coefficient (Wildman–Crippen LogP) is 3.25. The Balaban J connectivity index is 2.79. The highest BCUT2D eigenvalue weighted by molar-refractivity contribution is 7.09. The van der Waals surface area contributed by atoms with E-state index >= 15 is 0 Å². The van der Waals surface area contributed by atoms with E-state index in [0.29, 0.717) is 4.88 Å². The summed E-state index contributed by atoms with van der Waals surface area (Å²) in [6.45, 7) is 0. The molecule has 0 aliphatic carbocycles. The van der Waals surface area contributed by atoms with Gasteiger partial charge in [0, 0.05) is 10.9 Å². The molecule has 19 heavy (non-hydrogen) atoms. The monoisotopic (exact) mass is 306 g/mol. The molecule has 1 heterocycles. The Morgan fingerprint density at radius 2 is 1.74 bits per heavy atom. The first-order valence-corrected chi connectivity index (χ1v) is 6.16. The van der Waals surface area contributed by atoms with Gasteiger partial charge in [0.15, 0.2) is 5.92 Å². The molecule has 1 aromatic heterocycles. The lowest BCUT2D eigenvalue weighted by molar-refractivity contribution is -0.292. The van der Waals surface area contributed by atoms with Crippen molar-refractivity contribution in [1.82, 2.24) is 5.43 Å². The molecule has 0 aliphatic heterocycles. The number of alkyl halides is 6. The summed E-state index contributed by atoms with van der Waals surface area (Å²) in [4.78, 5) is 0.711. The van der Waals surface area contributed by atoms with Crippen LogP contribution in [0.2, 0.25) is 0 Å². The summed E-state index contributed by atoms with van der Waals surface area (Å²) in [6, 6.07) is 1.42. The number of aryl methyl sites for hydroxylation is 1. The minimum atomic E-state index is -5.38. The van der Waals surface area contributed by atoms with Crippen molar-refractivity contribution in [2.75, 3.05) is 0 Å². The van der Waals surface area contributed by atoms with Crippen LogP contribution in [0.4, 0.5) is 26.3 Å². The molecule has 2 nitrogen and oxygen atoms in total. The zero-order chi connectivity index (χ0) is 14.7. The fourth-order valence-corrected chi connectivity index (χ4v) is 2.47. The number of nitrogens with one attached hydrogen (secondary N) is 1. The molecule has 110 valence electrons. The van der Waals surface area contributed by atoms with Crippen LogP contribution >= 0.6 is 11.3 Å². The van der Waals surface area contributed by atoms with Crippen LogP contribution in [-0.4, -0.2) is 18.4 Å². The third kappa shape index (κ3) is 4.66. The van der Waals surface area contributed by atoms with E-state index in [9.17, 15) is 26.3 Å². The lowest BCUT2D eigenvalue weighted by Crippen LogP contribution is -2.53. The van der Waals surface area contributed by atoms with Gasteiger partial charge in [-0.2, -0.15) is 26.3 Å². The molecule has 0 spiro atoms. The van der Waals surface area contributed by atoms with E-state index < -0.39 is 24.3 Å². The second-order valence-electron chi connectivity index (χ2n) is 3.95. The van der Waals surface area contributed by atoms with E-state index in [1.807, 2.05) is 0 Å². The molecule has 0 radical (unpaired) electrons. The van der Waals surface area contributed by atoms with Gasteiger partial charge in [-0.1, -0.05) is 6.07 Å². The molecular formula is C10H12F6N2S. The topological polar surface area (TPSA) is 38.0 Å². The predicted molar refractivity (Wildman–Crippen MR) is 59.4 cm³/mol. The van der Waals surface area contributed by atoms with Gasteiger partial charge in [-0.05, 0) is 24.3 Å². The number of nitrogens with two attached hydrogens (primary N) is 1. The Hall–Kier alpha value is -0.800. The number of hydrogen-bond donors (Lipinski definition) is 2. The van der Waals surface area contributed by atoms with Gasteiger partial charge in [0.1, 0.15) is 0 Å². The van der Waals surface area contributed by atoms with Crippen LogP contribution in [0.3, 0.4) is 0 Å². The number of rotatable bonds is 5. The van der Waals surface area contributed by atoms with Crippen molar-refractivity contribution in [3.63, 3.8) is 0 Å². The van der Waals surface area contributed by atoms with Crippen LogP contribution < -0.4 is 11.3 Å².